The summed E-state index contributed by atoms with van der Waals surface area (Å²) in [6.45, 7) is 2.21. The Hall–Kier alpha value is -1.20. The second-order valence-electron chi connectivity index (χ2n) is 2.50. The Morgan fingerprint density at radius 1 is 1.21 bits per heavy atom. The molecule has 0 aliphatic carbocycles. The lowest BCUT2D eigenvalue weighted by Gasteiger charge is -2.05. The van der Waals surface area contributed by atoms with Crippen LogP contribution in [0.2, 0.25) is 0 Å². The quantitative estimate of drug-likeness (QED) is 0.598. The summed E-state index contributed by atoms with van der Waals surface area (Å²) in [5, 5.41) is 0. The average molecular weight is 198 g/mol. The minimum Gasteiger partial charge on any atom is -0.475 e. The maximum atomic E-state index is 5.27. The van der Waals surface area contributed by atoms with Crippen LogP contribution in [0.3, 0.4) is 0 Å². The van der Waals surface area contributed by atoms with Crippen LogP contribution in [-0.2, 0) is 9.47 Å². The van der Waals surface area contributed by atoms with Crippen LogP contribution in [0, 0.1) is 0 Å². The SMILES string of the molecule is COCCOCCOc1ccncn1. The summed E-state index contributed by atoms with van der Waals surface area (Å²) in [5.74, 6) is 0.565. The Balaban J connectivity index is 1.99. The number of hydrogen-bond donors (Lipinski definition) is 0. The van der Waals surface area contributed by atoms with Crippen molar-refractivity contribution in [1.29, 1.82) is 0 Å². The minimum atomic E-state index is 0.487. The highest BCUT2D eigenvalue weighted by atomic mass is 16.5. The van der Waals surface area contributed by atoms with Crippen molar-refractivity contribution in [3.8, 4) is 5.88 Å². The average Bonchev–Trinajstić information content (AvgIpc) is 2.25. The molecule has 0 saturated carbocycles. The lowest BCUT2D eigenvalue weighted by molar-refractivity contribution is 0.0536. The van der Waals surface area contributed by atoms with E-state index in [2.05, 4.69) is 9.97 Å². The van der Waals surface area contributed by atoms with Crippen LogP contribution in [0.1, 0.15) is 0 Å². The van der Waals surface area contributed by atoms with Crippen molar-refractivity contribution in [2.24, 2.45) is 0 Å². The second kappa shape index (κ2) is 7.23. The van der Waals surface area contributed by atoms with E-state index in [9.17, 15) is 0 Å². The highest BCUT2D eigenvalue weighted by molar-refractivity contribution is 5.03. The second-order valence-corrected chi connectivity index (χ2v) is 2.50. The number of nitrogens with zero attached hydrogens (tertiary/aromatic N) is 2. The summed E-state index contributed by atoms with van der Waals surface area (Å²) in [6.07, 6.45) is 3.08. The van der Waals surface area contributed by atoms with Crippen LogP contribution in [0.25, 0.3) is 0 Å². The Morgan fingerprint density at radius 3 is 2.79 bits per heavy atom. The maximum absolute atomic E-state index is 5.27. The zero-order valence-corrected chi connectivity index (χ0v) is 8.18. The first kappa shape index (κ1) is 10.9. The molecule has 0 fully saturated rings. The number of rotatable bonds is 7. The van der Waals surface area contributed by atoms with E-state index in [1.165, 1.54) is 6.33 Å². The predicted octanol–water partition coefficient (Wildman–Crippen LogP) is 0.518. The van der Waals surface area contributed by atoms with Gasteiger partial charge in [-0.05, 0) is 0 Å². The molecule has 78 valence electrons. The van der Waals surface area contributed by atoms with Gasteiger partial charge in [-0.25, -0.2) is 9.97 Å². The van der Waals surface area contributed by atoms with E-state index in [1.54, 1.807) is 19.4 Å². The van der Waals surface area contributed by atoms with Crippen molar-refractivity contribution >= 4 is 0 Å². The fraction of sp³-hybridized carbons (Fsp3) is 0.556. The first-order valence-corrected chi connectivity index (χ1v) is 4.39. The van der Waals surface area contributed by atoms with E-state index >= 15 is 0 Å². The highest BCUT2D eigenvalue weighted by Crippen LogP contribution is 2.00. The van der Waals surface area contributed by atoms with Gasteiger partial charge in [0.25, 0.3) is 0 Å². The molecule has 1 rings (SSSR count). The van der Waals surface area contributed by atoms with Gasteiger partial charge in [0.05, 0.1) is 19.8 Å². The molecule has 0 radical (unpaired) electrons. The molecule has 0 bridgehead atoms. The number of ether oxygens (including phenoxy) is 3. The van der Waals surface area contributed by atoms with Gasteiger partial charge in [-0.1, -0.05) is 0 Å². The standard InChI is InChI=1S/C9H14N2O3/c1-12-4-5-13-6-7-14-9-2-3-10-8-11-9/h2-3,8H,4-7H2,1H3. The number of aromatic nitrogens is 2. The molecule has 14 heavy (non-hydrogen) atoms. The molecule has 0 aliphatic rings. The molecular weight excluding hydrogens is 184 g/mol. The van der Waals surface area contributed by atoms with Crippen LogP contribution < -0.4 is 4.74 Å². The van der Waals surface area contributed by atoms with E-state index in [-0.39, 0.29) is 0 Å². The van der Waals surface area contributed by atoms with Gasteiger partial charge < -0.3 is 14.2 Å². The molecule has 0 spiro atoms. The molecule has 5 nitrogen and oxygen atoms in total. The number of hydrogen-bond acceptors (Lipinski definition) is 5. The summed E-state index contributed by atoms with van der Waals surface area (Å²) in [4.78, 5) is 7.67. The predicted molar refractivity (Wildman–Crippen MR) is 50.2 cm³/mol. The Kier molecular flexibility index (Phi) is 5.62. The normalized spacial score (nSPS) is 10.1. The molecule has 0 unspecified atom stereocenters. The summed E-state index contributed by atoms with van der Waals surface area (Å²) in [5.41, 5.74) is 0. The molecule has 1 aromatic heterocycles. The number of methoxy groups -OCH3 is 1. The Morgan fingerprint density at radius 2 is 2.07 bits per heavy atom. The maximum Gasteiger partial charge on any atom is 0.216 e. The van der Waals surface area contributed by atoms with Gasteiger partial charge in [0.15, 0.2) is 0 Å². The Labute approximate surface area is 83.0 Å². The van der Waals surface area contributed by atoms with Gasteiger partial charge in [0, 0.05) is 19.4 Å². The van der Waals surface area contributed by atoms with Gasteiger partial charge in [-0.3, -0.25) is 0 Å². The summed E-state index contributed by atoms with van der Waals surface area (Å²) < 4.78 is 15.3. The topological polar surface area (TPSA) is 53.5 Å². The van der Waals surface area contributed by atoms with E-state index in [0.717, 1.165) is 0 Å². The van der Waals surface area contributed by atoms with Gasteiger partial charge in [-0.2, -0.15) is 0 Å². The molecule has 0 saturated heterocycles. The molecule has 0 amide bonds. The van der Waals surface area contributed by atoms with Crippen molar-refractivity contribution < 1.29 is 14.2 Å². The lowest BCUT2D eigenvalue weighted by atomic mass is 10.6. The summed E-state index contributed by atoms with van der Waals surface area (Å²) in [7, 11) is 1.64. The molecule has 1 aromatic rings. The summed E-state index contributed by atoms with van der Waals surface area (Å²) in [6, 6.07) is 1.70. The zero-order chi connectivity index (χ0) is 10.1. The molecule has 5 heteroatoms. The van der Waals surface area contributed by atoms with Crippen LogP contribution >= 0.6 is 0 Å². The third-order valence-corrected chi connectivity index (χ3v) is 1.46. The highest BCUT2D eigenvalue weighted by Gasteiger charge is 1.93. The first-order chi connectivity index (χ1) is 6.93. The minimum absolute atomic E-state index is 0.487. The van der Waals surface area contributed by atoms with Gasteiger partial charge in [-0.15, -0.1) is 0 Å². The van der Waals surface area contributed by atoms with E-state index in [4.69, 9.17) is 14.2 Å². The van der Waals surface area contributed by atoms with Crippen molar-refractivity contribution in [2.45, 2.75) is 0 Å². The fourth-order valence-corrected chi connectivity index (χ4v) is 0.813. The van der Waals surface area contributed by atoms with Crippen LogP contribution in [0.15, 0.2) is 18.6 Å². The summed E-state index contributed by atoms with van der Waals surface area (Å²) >= 11 is 0. The van der Waals surface area contributed by atoms with Crippen molar-refractivity contribution in [1.82, 2.24) is 9.97 Å². The first-order valence-electron chi connectivity index (χ1n) is 4.39. The fourth-order valence-electron chi connectivity index (χ4n) is 0.813. The largest absolute Gasteiger partial charge is 0.475 e. The molecule has 0 atom stereocenters. The van der Waals surface area contributed by atoms with Crippen LogP contribution in [0.5, 0.6) is 5.88 Å². The molecule has 1 heterocycles. The zero-order valence-electron chi connectivity index (χ0n) is 8.18. The van der Waals surface area contributed by atoms with E-state index < -0.39 is 0 Å². The van der Waals surface area contributed by atoms with Crippen molar-refractivity contribution in [3.05, 3.63) is 18.6 Å². The van der Waals surface area contributed by atoms with E-state index in [0.29, 0.717) is 32.3 Å². The van der Waals surface area contributed by atoms with Gasteiger partial charge >= 0.3 is 0 Å². The molecule has 0 aromatic carbocycles. The monoisotopic (exact) mass is 198 g/mol. The van der Waals surface area contributed by atoms with E-state index in [1.807, 2.05) is 0 Å². The van der Waals surface area contributed by atoms with Crippen LogP contribution in [0.4, 0.5) is 0 Å². The third-order valence-electron chi connectivity index (χ3n) is 1.46. The smallest absolute Gasteiger partial charge is 0.216 e. The van der Waals surface area contributed by atoms with Crippen LogP contribution in [-0.4, -0.2) is 43.5 Å². The van der Waals surface area contributed by atoms with Gasteiger partial charge in [0.1, 0.15) is 12.9 Å². The van der Waals surface area contributed by atoms with Crippen molar-refractivity contribution in [3.63, 3.8) is 0 Å². The lowest BCUT2D eigenvalue weighted by Crippen LogP contribution is -2.10. The molecule has 0 N–H and O–H groups in total. The Bertz CT molecular complexity index is 231. The third kappa shape index (κ3) is 4.74. The van der Waals surface area contributed by atoms with Gasteiger partial charge in [0.2, 0.25) is 5.88 Å². The molecule has 0 aliphatic heterocycles. The van der Waals surface area contributed by atoms with Crippen molar-refractivity contribution in [2.75, 3.05) is 33.5 Å². The molecular formula is C9H14N2O3.